The minimum atomic E-state index is -0.0973. The summed E-state index contributed by atoms with van der Waals surface area (Å²) >= 11 is 0. The molecule has 2 aliphatic heterocycles. The number of morpholine rings is 1. The van der Waals surface area contributed by atoms with E-state index in [1.165, 1.54) is 5.56 Å². The van der Waals surface area contributed by atoms with Gasteiger partial charge < -0.3 is 9.64 Å². The maximum Gasteiger partial charge on any atom is 0.244 e. The molecule has 1 aromatic carbocycles. The van der Waals surface area contributed by atoms with Crippen molar-refractivity contribution in [3.05, 3.63) is 29.8 Å². The number of ether oxygens (including phenoxy) is 1. The van der Waals surface area contributed by atoms with E-state index in [0.29, 0.717) is 0 Å². The van der Waals surface area contributed by atoms with Crippen LogP contribution in [0.3, 0.4) is 0 Å². The number of benzene rings is 1. The number of para-hydroxylation sites is 1. The average molecular weight is 302 g/mol. The first-order chi connectivity index (χ1) is 10.6. The summed E-state index contributed by atoms with van der Waals surface area (Å²) in [6, 6.07) is 8.19. The van der Waals surface area contributed by atoms with Crippen LogP contribution in [0.15, 0.2) is 24.3 Å². The second-order valence-corrected chi connectivity index (χ2v) is 6.61. The maximum atomic E-state index is 13.0. The van der Waals surface area contributed by atoms with Crippen molar-refractivity contribution in [1.82, 2.24) is 4.90 Å². The number of anilines is 1. The van der Waals surface area contributed by atoms with Gasteiger partial charge in [0.1, 0.15) is 0 Å². The van der Waals surface area contributed by atoms with Gasteiger partial charge in [-0.25, -0.2) is 0 Å². The Kier molecular flexibility index (Phi) is 4.50. The molecule has 120 valence electrons. The van der Waals surface area contributed by atoms with E-state index in [-0.39, 0.29) is 24.2 Å². The lowest BCUT2D eigenvalue weighted by molar-refractivity contribution is -0.129. The second kappa shape index (κ2) is 6.39. The summed E-state index contributed by atoms with van der Waals surface area (Å²) in [4.78, 5) is 17.3. The Bertz CT molecular complexity index is 536. The Hall–Kier alpha value is -1.39. The number of hydrogen-bond acceptors (Lipinski definition) is 3. The standard InChI is InChI=1S/C18H26N2O2/c1-13-11-19(12-14(2)22-13)15(3)18(21)20-10-6-8-16-7-4-5-9-17(16)20/h4-5,7,9,13-15H,6,8,10-12H2,1-3H3. The van der Waals surface area contributed by atoms with Gasteiger partial charge in [0.25, 0.3) is 0 Å². The van der Waals surface area contributed by atoms with Crippen LogP contribution >= 0.6 is 0 Å². The number of aryl methyl sites for hydroxylation is 1. The summed E-state index contributed by atoms with van der Waals surface area (Å²) in [5.74, 6) is 0.216. The molecule has 0 saturated carbocycles. The number of fused-ring (bicyclic) bond motifs is 1. The molecule has 1 amide bonds. The lowest BCUT2D eigenvalue weighted by atomic mass is 10.0. The highest BCUT2D eigenvalue weighted by Gasteiger charge is 2.33. The Morgan fingerprint density at radius 1 is 1.23 bits per heavy atom. The van der Waals surface area contributed by atoms with Crippen molar-refractivity contribution in [2.24, 2.45) is 0 Å². The van der Waals surface area contributed by atoms with Crippen molar-refractivity contribution >= 4 is 11.6 Å². The minimum absolute atomic E-state index is 0.0973. The zero-order chi connectivity index (χ0) is 15.7. The third kappa shape index (κ3) is 3.03. The Balaban J connectivity index is 1.76. The topological polar surface area (TPSA) is 32.8 Å². The molecule has 0 spiro atoms. The van der Waals surface area contributed by atoms with Crippen molar-refractivity contribution < 1.29 is 9.53 Å². The third-order valence-electron chi connectivity index (χ3n) is 4.73. The molecule has 3 atom stereocenters. The highest BCUT2D eigenvalue weighted by Crippen LogP contribution is 2.28. The number of carbonyl (C=O) groups excluding carboxylic acids is 1. The Labute approximate surface area is 133 Å². The van der Waals surface area contributed by atoms with Gasteiger partial charge in [0, 0.05) is 25.3 Å². The summed E-state index contributed by atoms with van der Waals surface area (Å²) in [6.07, 6.45) is 2.49. The number of nitrogens with zero attached hydrogens (tertiary/aromatic N) is 2. The van der Waals surface area contributed by atoms with E-state index in [2.05, 4.69) is 36.9 Å². The van der Waals surface area contributed by atoms with Gasteiger partial charge in [-0.15, -0.1) is 0 Å². The molecule has 1 saturated heterocycles. The lowest BCUT2D eigenvalue weighted by Crippen LogP contribution is -2.55. The van der Waals surface area contributed by atoms with Gasteiger partial charge in [-0.05, 0) is 45.2 Å². The molecular weight excluding hydrogens is 276 g/mol. The number of amides is 1. The van der Waals surface area contributed by atoms with Crippen LogP contribution in [0.2, 0.25) is 0 Å². The predicted molar refractivity (Wildman–Crippen MR) is 88.2 cm³/mol. The quantitative estimate of drug-likeness (QED) is 0.841. The van der Waals surface area contributed by atoms with Crippen LogP contribution in [-0.4, -0.2) is 48.7 Å². The highest BCUT2D eigenvalue weighted by molar-refractivity contribution is 5.98. The molecule has 2 heterocycles. The third-order valence-corrected chi connectivity index (χ3v) is 4.73. The fraction of sp³-hybridized carbons (Fsp3) is 0.611. The predicted octanol–water partition coefficient (Wildman–Crippen LogP) is 2.46. The number of carbonyl (C=O) groups is 1. The zero-order valence-electron chi connectivity index (χ0n) is 13.8. The van der Waals surface area contributed by atoms with Gasteiger partial charge in [0.05, 0.1) is 18.2 Å². The molecule has 0 bridgehead atoms. The van der Waals surface area contributed by atoms with E-state index in [9.17, 15) is 4.79 Å². The molecule has 4 nitrogen and oxygen atoms in total. The molecule has 0 aromatic heterocycles. The molecule has 3 rings (SSSR count). The first kappa shape index (κ1) is 15.5. The molecule has 4 heteroatoms. The second-order valence-electron chi connectivity index (χ2n) is 6.61. The Morgan fingerprint density at radius 2 is 1.91 bits per heavy atom. The van der Waals surface area contributed by atoms with Gasteiger partial charge >= 0.3 is 0 Å². The van der Waals surface area contributed by atoms with E-state index >= 15 is 0 Å². The van der Waals surface area contributed by atoms with Gasteiger partial charge in [-0.1, -0.05) is 18.2 Å². The van der Waals surface area contributed by atoms with Crippen molar-refractivity contribution in [2.45, 2.75) is 51.9 Å². The van der Waals surface area contributed by atoms with Crippen LogP contribution in [0.1, 0.15) is 32.8 Å². The van der Waals surface area contributed by atoms with Crippen LogP contribution in [-0.2, 0) is 16.0 Å². The van der Waals surface area contributed by atoms with E-state index in [1.54, 1.807) is 0 Å². The smallest absolute Gasteiger partial charge is 0.244 e. The van der Waals surface area contributed by atoms with Crippen LogP contribution in [0.4, 0.5) is 5.69 Å². The molecule has 22 heavy (non-hydrogen) atoms. The molecule has 0 N–H and O–H groups in total. The van der Waals surface area contributed by atoms with Gasteiger partial charge in [0.15, 0.2) is 0 Å². The van der Waals surface area contributed by atoms with Crippen LogP contribution in [0, 0.1) is 0 Å². The van der Waals surface area contributed by atoms with Gasteiger partial charge in [-0.3, -0.25) is 9.69 Å². The first-order valence-electron chi connectivity index (χ1n) is 8.35. The fourth-order valence-electron chi connectivity index (χ4n) is 3.68. The van der Waals surface area contributed by atoms with Crippen molar-refractivity contribution in [1.29, 1.82) is 0 Å². The number of hydrogen-bond donors (Lipinski definition) is 0. The molecule has 2 aliphatic rings. The minimum Gasteiger partial charge on any atom is -0.373 e. The SMILES string of the molecule is CC1CN(C(C)C(=O)N2CCCc3ccccc32)CC(C)O1. The largest absolute Gasteiger partial charge is 0.373 e. The fourth-order valence-corrected chi connectivity index (χ4v) is 3.68. The number of rotatable bonds is 2. The molecule has 0 radical (unpaired) electrons. The van der Waals surface area contributed by atoms with Crippen LogP contribution in [0.25, 0.3) is 0 Å². The van der Waals surface area contributed by atoms with E-state index in [1.807, 2.05) is 17.9 Å². The van der Waals surface area contributed by atoms with Crippen LogP contribution < -0.4 is 4.90 Å². The summed E-state index contributed by atoms with van der Waals surface area (Å²) < 4.78 is 5.78. The Morgan fingerprint density at radius 3 is 2.64 bits per heavy atom. The summed E-state index contributed by atoms with van der Waals surface area (Å²) in [7, 11) is 0. The van der Waals surface area contributed by atoms with Crippen LogP contribution in [0.5, 0.6) is 0 Å². The van der Waals surface area contributed by atoms with E-state index in [4.69, 9.17) is 4.74 Å². The molecule has 3 unspecified atom stereocenters. The monoisotopic (exact) mass is 302 g/mol. The van der Waals surface area contributed by atoms with E-state index in [0.717, 1.165) is 38.2 Å². The zero-order valence-corrected chi connectivity index (χ0v) is 13.8. The maximum absolute atomic E-state index is 13.0. The molecule has 0 aliphatic carbocycles. The highest BCUT2D eigenvalue weighted by atomic mass is 16.5. The summed E-state index contributed by atoms with van der Waals surface area (Å²) in [5.41, 5.74) is 2.39. The van der Waals surface area contributed by atoms with E-state index < -0.39 is 0 Å². The normalized spacial score (nSPS) is 27.3. The molecule has 1 aromatic rings. The summed E-state index contributed by atoms with van der Waals surface area (Å²) in [6.45, 7) is 8.67. The van der Waals surface area contributed by atoms with Crippen molar-refractivity contribution in [3.8, 4) is 0 Å². The van der Waals surface area contributed by atoms with Gasteiger partial charge in [0.2, 0.25) is 5.91 Å². The lowest BCUT2D eigenvalue weighted by Gasteiger charge is -2.40. The molecular formula is C18H26N2O2. The molecule has 1 fully saturated rings. The average Bonchev–Trinajstić information content (AvgIpc) is 2.52. The van der Waals surface area contributed by atoms with Crippen molar-refractivity contribution in [3.63, 3.8) is 0 Å². The first-order valence-corrected chi connectivity index (χ1v) is 8.35. The van der Waals surface area contributed by atoms with Crippen molar-refractivity contribution in [2.75, 3.05) is 24.5 Å². The van der Waals surface area contributed by atoms with Gasteiger partial charge in [-0.2, -0.15) is 0 Å². The summed E-state index contributed by atoms with van der Waals surface area (Å²) in [5, 5.41) is 0.